The van der Waals surface area contributed by atoms with Gasteiger partial charge in [0.2, 0.25) is 0 Å². The van der Waals surface area contributed by atoms with Gasteiger partial charge in [-0.3, -0.25) is 0 Å². The molecule has 0 aliphatic heterocycles. The Labute approximate surface area is 97.7 Å². The van der Waals surface area contributed by atoms with Gasteiger partial charge in [-0.2, -0.15) is 0 Å². The molecule has 1 saturated carbocycles. The number of fused-ring (bicyclic) bond motifs is 1. The Balaban J connectivity index is 1.99. The van der Waals surface area contributed by atoms with Gasteiger partial charge in [-0.25, -0.2) is 4.98 Å². The van der Waals surface area contributed by atoms with Gasteiger partial charge in [0.15, 0.2) is 0 Å². The Morgan fingerprint density at radius 1 is 1.44 bits per heavy atom. The van der Waals surface area contributed by atoms with Crippen LogP contribution < -0.4 is 4.74 Å². The molecular formula is C12H13NO2S. The first-order valence-corrected chi connectivity index (χ1v) is 6.33. The van der Waals surface area contributed by atoms with Crippen molar-refractivity contribution in [3.63, 3.8) is 0 Å². The lowest BCUT2D eigenvalue weighted by atomic mass is 10.3. The molecule has 1 aromatic carbocycles. The molecule has 0 spiro atoms. The summed E-state index contributed by atoms with van der Waals surface area (Å²) in [4.78, 5) is 4.64. The maximum atomic E-state index is 8.76. The maximum absolute atomic E-state index is 8.76. The predicted molar refractivity (Wildman–Crippen MR) is 64.2 cm³/mol. The van der Waals surface area contributed by atoms with Gasteiger partial charge in [-0.05, 0) is 25.0 Å². The highest BCUT2D eigenvalue weighted by molar-refractivity contribution is 7.18. The zero-order chi connectivity index (χ0) is 11.0. The van der Waals surface area contributed by atoms with E-state index in [9.17, 15) is 0 Å². The van der Waals surface area contributed by atoms with Gasteiger partial charge < -0.3 is 9.84 Å². The second kappa shape index (κ2) is 4.03. The van der Waals surface area contributed by atoms with E-state index in [0.717, 1.165) is 11.3 Å². The van der Waals surface area contributed by atoms with Crippen LogP contribution in [0.15, 0.2) is 18.2 Å². The third kappa shape index (κ3) is 1.79. The first-order valence-electron chi connectivity index (χ1n) is 5.51. The van der Waals surface area contributed by atoms with E-state index < -0.39 is 0 Å². The molecular weight excluding hydrogens is 222 g/mol. The number of rotatable bonds is 4. The lowest BCUT2D eigenvalue weighted by Gasteiger charge is -2.03. The van der Waals surface area contributed by atoms with Crippen molar-refractivity contribution in [2.75, 3.05) is 13.2 Å². The van der Waals surface area contributed by atoms with Crippen LogP contribution in [0.2, 0.25) is 0 Å². The average molecular weight is 235 g/mol. The van der Waals surface area contributed by atoms with Gasteiger partial charge in [0.1, 0.15) is 17.9 Å². The van der Waals surface area contributed by atoms with Gasteiger partial charge in [-0.1, -0.05) is 6.07 Å². The van der Waals surface area contributed by atoms with Crippen LogP contribution >= 0.6 is 11.3 Å². The van der Waals surface area contributed by atoms with Crippen LogP contribution in [0, 0.1) is 0 Å². The topological polar surface area (TPSA) is 42.4 Å². The van der Waals surface area contributed by atoms with Crippen LogP contribution in [0.1, 0.15) is 23.8 Å². The summed E-state index contributed by atoms with van der Waals surface area (Å²) in [5.41, 5.74) is 0.947. The first-order chi connectivity index (χ1) is 7.88. The quantitative estimate of drug-likeness (QED) is 0.885. The van der Waals surface area contributed by atoms with Gasteiger partial charge in [0.25, 0.3) is 0 Å². The summed E-state index contributed by atoms with van der Waals surface area (Å²) >= 11 is 1.76. The lowest BCUT2D eigenvalue weighted by Crippen LogP contribution is -2.01. The number of hydrogen-bond donors (Lipinski definition) is 1. The fourth-order valence-electron chi connectivity index (χ4n) is 1.72. The molecule has 1 fully saturated rings. The van der Waals surface area contributed by atoms with Crippen molar-refractivity contribution in [3.8, 4) is 5.75 Å². The van der Waals surface area contributed by atoms with E-state index in [0.29, 0.717) is 12.5 Å². The minimum atomic E-state index is 0.0377. The summed E-state index contributed by atoms with van der Waals surface area (Å²) in [6.45, 7) is 0.366. The number of hydrogen-bond acceptors (Lipinski definition) is 4. The zero-order valence-corrected chi connectivity index (χ0v) is 9.67. The molecule has 0 radical (unpaired) electrons. The number of aromatic nitrogens is 1. The molecule has 1 aromatic heterocycles. The number of benzene rings is 1. The van der Waals surface area contributed by atoms with Crippen LogP contribution in [0.25, 0.3) is 10.2 Å². The van der Waals surface area contributed by atoms with Crippen LogP contribution in [-0.4, -0.2) is 23.3 Å². The summed E-state index contributed by atoms with van der Waals surface area (Å²) < 4.78 is 6.65. The molecule has 0 bridgehead atoms. The van der Waals surface area contributed by atoms with E-state index in [1.807, 2.05) is 12.1 Å². The highest BCUT2D eigenvalue weighted by Crippen LogP contribution is 2.44. The number of aliphatic hydroxyl groups excluding tert-OH is 1. The Kier molecular flexibility index (Phi) is 2.53. The van der Waals surface area contributed by atoms with Gasteiger partial charge >= 0.3 is 0 Å². The molecule has 1 aliphatic rings. The Hall–Kier alpha value is -1.13. The largest absolute Gasteiger partial charge is 0.489 e. The van der Waals surface area contributed by atoms with E-state index in [4.69, 9.17) is 9.84 Å². The summed E-state index contributed by atoms with van der Waals surface area (Å²) in [6, 6.07) is 5.96. The fourth-order valence-corrected chi connectivity index (χ4v) is 2.87. The summed E-state index contributed by atoms with van der Waals surface area (Å²) in [5.74, 6) is 1.47. The van der Waals surface area contributed by atoms with Crippen LogP contribution in [0.4, 0.5) is 0 Å². The molecule has 2 aromatic rings. The molecule has 0 amide bonds. The molecule has 0 atom stereocenters. The molecule has 4 heteroatoms. The van der Waals surface area contributed by atoms with E-state index in [1.54, 1.807) is 11.3 Å². The minimum absolute atomic E-state index is 0.0377. The Bertz CT molecular complexity index is 505. The van der Waals surface area contributed by atoms with E-state index in [-0.39, 0.29) is 6.61 Å². The van der Waals surface area contributed by atoms with Crippen LogP contribution in [-0.2, 0) is 0 Å². The number of thiazole rings is 1. The fraction of sp³-hybridized carbons (Fsp3) is 0.417. The van der Waals surface area contributed by atoms with Crippen LogP contribution in [0.5, 0.6) is 5.75 Å². The summed E-state index contributed by atoms with van der Waals surface area (Å²) in [7, 11) is 0. The SMILES string of the molecule is OCCOc1cccc2sc(C3CC3)nc12. The lowest BCUT2D eigenvalue weighted by molar-refractivity contribution is 0.202. The minimum Gasteiger partial charge on any atom is -0.489 e. The average Bonchev–Trinajstić information content (AvgIpc) is 3.06. The van der Waals surface area contributed by atoms with Crippen molar-refractivity contribution in [1.29, 1.82) is 0 Å². The third-order valence-electron chi connectivity index (χ3n) is 2.67. The van der Waals surface area contributed by atoms with Crippen molar-refractivity contribution in [2.45, 2.75) is 18.8 Å². The van der Waals surface area contributed by atoms with Gasteiger partial charge in [0, 0.05) is 5.92 Å². The number of nitrogens with zero attached hydrogens (tertiary/aromatic N) is 1. The number of para-hydroxylation sites is 1. The monoisotopic (exact) mass is 235 g/mol. The highest BCUT2D eigenvalue weighted by Gasteiger charge is 2.27. The third-order valence-corrected chi connectivity index (χ3v) is 3.86. The summed E-state index contributed by atoms with van der Waals surface area (Å²) in [6.07, 6.45) is 2.54. The smallest absolute Gasteiger partial charge is 0.146 e. The standard InChI is InChI=1S/C12H13NO2S/c14-6-7-15-9-2-1-3-10-11(9)13-12(16-10)8-4-5-8/h1-3,8,14H,4-7H2. The molecule has 16 heavy (non-hydrogen) atoms. The molecule has 1 heterocycles. The van der Waals surface area contributed by atoms with E-state index >= 15 is 0 Å². The Morgan fingerprint density at radius 2 is 2.31 bits per heavy atom. The van der Waals surface area contributed by atoms with Crippen molar-refractivity contribution < 1.29 is 9.84 Å². The van der Waals surface area contributed by atoms with Crippen molar-refractivity contribution in [3.05, 3.63) is 23.2 Å². The van der Waals surface area contributed by atoms with E-state index in [1.165, 1.54) is 22.5 Å². The second-order valence-electron chi connectivity index (χ2n) is 4.00. The molecule has 0 unspecified atom stereocenters. The van der Waals surface area contributed by atoms with E-state index in [2.05, 4.69) is 11.1 Å². The molecule has 1 aliphatic carbocycles. The Morgan fingerprint density at radius 3 is 3.06 bits per heavy atom. The first kappa shape index (κ1) is 10.1. The van der Waals surface area contributed by atoms with Crippen LogP contribution in [0.3, 0.4) is 0 Å². The second-order valence-corrected chi connectivity index (χ2v) is 5.06. The predicted octanol–water partition coefficient (Wildman–Crippen LogP) is 2.54. The molecule has 3 nitrogen and oxygen atoms in total. The van der Waals surface area contributed by atoms with Crippen molar-refractivity contribution >= 4 is 21.6 Å². The number of ether oxygens (including phenoxy) is 1. The molecule has 3 rings (SSSR count). The van der Waals surface area contributed by atoms with Crippen molar-refractivity contribution in [1.82, 2.24) is 4.98 Å². The van der Waals surface area contributed by atoms with Gasteiger partial charge in [-0.15, -0.1) is 11.3 Å². The normalized spacial score (nSPS) is 15.6. The molecule has 84 valence electrons. The zero-order valence-electron chi connectivity index (χ0n) is 8.85. The van der Waals surface area contributed by atoms with Gasteiger partial charge in [0.05, 0.1) is 16.3 Å². The van der Waals surface area contributed by atoms with Crippen molar-refractivity contribution in [2.24, 2.45) is 0 Å². The molecule has 1 N–H and O–H groups in total. The maximum Gasteiger partial charge on any atom is 0.146 e. The summed E-state index contributed by atoms with van der Waals surface area (Å²) in [5, 5.41) is 9.99. The highest BCUT2D eigenvalue weighted by atomic mass is 32.1. The molecule has 0 saturated heterocycles. The number of aliphatic hydroxyl groups is 1.